The molecule has 0 radical (unpaired) electrons. The zero-order chi connectivity index (χ0) is 16.4. The first-order valence-electron chi connectivity index (χ1n) is 8.07. The van der Waals surface area contributed by atoms with Crippen molar-refractivity contribution in [2.24, 2.45) is 0 Å². The molecular weight excluding hydrogens is 294 g/mol. The number of urea groups is 1. The molecule has 0 bridgehead atoms. The highest BCUT2D eigenvalue weighted by molar-refractivity contribution is 5.99. The van der Waals surface area contributed by atoms with Crippen LogP contribution < -0.4 is 10.2 Å². The average Bonchev–Trinajstić information content (AvgIpc) is 3.17. The first-order chi connectivity index (χ1) is 11.1. The van der Waals surface area contributed by atoms with E-state index in [1.807, 2.05) is 30.0 Å². The number of methoxy groups -OCH3 is 1. The number of hydrogen-bond acceptors (Lipinski definition) is 3. The third-order valence-electron chi connectivity index (χ3n) is 4.60. The summed E-state index contributed by atoms with van der Waals surface area (Å²) in [5.41, 5.74) is 2.44. The van der Waals surface area contributed by atoms with E-state index in [1.165, 1.54) is 0 Å². The maximum Gasteiger partial charge on any atom is 0.322 e. The number of nitrogens with zero attached hydrogens (tertiary/aromatic N) is 2. The van der Waals surface area contributed by atoms with Crippen LogP contribution in [0.15, 0.2) is 18.2 Å². The topological polar surface area (TPSA) is 61.9 Å². The van der Waals surface area contributed by atoms with E-state index in [0.29, 0.717) is 25.3 Å². The summed E-state index contributed by atoms with van der Waals surface area (Å²) in [7, 11) is 1.66. The van der Waals surface area contributed by atoms with Crippen molar-refractivity contribution in [3.63, 3.8) is 0 Å². The van der Waals surface area contributed by atoms with Gasteiger partial charge in [0.1, 0.15) is 0 Å². The largest absolute Gasteiger partial charge is 0.383 e. The highest BCUT2D eigenvalue weighted by Gasteiger charge is 2.30. The van der Waals surface area contributed by atoms with Gasteiger partial charge in [-0.2, -0.15) is 0 Å². The maximum absolute atomic E-state index is 12.8. The van der Waals surface area contributed by atoms with Crippen molar-refractivity contribution in [1.29, 1.82) is 0 Å². The Morgan fingerprint density at radius 2 is 2.22 bits per heavy atom. The highest BCUT2D eigenvalue weighted by Crippen LogP contribution is 2.26. The van der Waals surface area contributed by atoms with Gasteiger partial charge in [0.2, 0.25) is 0 Å². The van der Waals surface area contributed by atoms with Gasteiger partial charge in [-0.1, -0.05) is 6.07 Å². The molecule has 2 saturated heterocycles. The van der Waals surface area contributed by atoms with E-state index < -0.39 is 0 Å². The highest BCUT2D eigenvalue weighted by atomic mass is 16.5. The summed E-state index contributed by atoms with van der Waals surface area (Å²) in [6.45, 7) is 4.56. The van der Waals surface area contributed by atoms with Gasteiger partial charge in [-0.05, 0) is 37.5 Å². The zero-order valence-corrected chi connectivity index (χ0v) is 13.7. The summed E-state index contributed by atoms with van der Waals surface area (Å²) < 4.78 is 5.23. The Labute approximate surface area is 136 Å². The molecular formula is C17H23N3O3. The number of ether oxygens (including phenoxy) is 1. The lowest BCUT2D eigenvalue weighted by Gasteiger charge is -2.25. The van der Waals surface area contributed by atoms with Gasteiger partial charge in [0.25, 0.3) is 5.91 Å². The van der Waals surface area contributed by atoms with Crippen LogP contribution in [0.2, 0.25) is 0 Å². The second kappa shape index (κ2) is 6.58. The molecule has 23 heavy (non-hydrogen) atoms. The Morgan fingerprint density at radius 3 is 2.91 bits per heavy atom. The number of carbonyl (C=O) groups is 2. The van der Waals surface area contributed by atoms with E-state index in [1.54, 1.807) is 12.0 Å². The monoisotopic (exact) mass is 317 g/mol. The summed E-state index contributed by atoms with van der Waals surface area (Å²) in [5.74, 6) is 0.0189. The zero-order valence-electron chi connectivity index (χ0n) is 13.7. The van der Waals surface area contributed by atoms with Crippen molar-refractivity contribution in [2.75, 3.05) is 38.3 Å². The van der Waals surface area contributed by atoms with E-state index in [9.17, 15) is 9.59 Å². The van der Waals surface area contributed by atoms with Gasteiger partial charge >= 0.3 is 6.03 Å². The molecule has 1 N–H and O–H groups in total. The molecule has 0 aromatic heterocycles. The first-order valence-corrected chi connectivity index (χ1v) is 8.07. The van der Waals surface area contributed by atoms with Gasteiger partial charge in [0.15, 0.2) is 0 Å². The van der Waals surface area contributed by atoms with Crippen molar-refractivity contribution < 1.29 is 14.3 Å². The Bertz CT molecular complexity index is 617. The number of aryl methyl sites for hydroxylation is 1. The van der Waals surface area contributed by atoms with Crippen molar-refractivity contribution >= 4 is 17.6 Å². The van der Waals surface area contributed by atoms with Crippen molar-refractivity contribution in [2.45, 2.75) is 25.8 Å². The minimum atomic E-state index is -0.101. The molecule has 1 aromatic rings. The molecule has 0 aliphatic carbocycles. The van der Waals surface area contributed by atoms with Gasteiger partial charge in [-0.3, -0.25) is 9.69 Å². The van der Waals surface area contributed by atoms with Gasteiger partial charge in [-0.15, -0.1) is 0 Å². The number of anilines is 1. The lowest BCUT2D eigenvalue weighted by atomic mass is 10.1. The van der Waals surface area contributed by atoms with Crippen molar-refractivity contribution in [1.82, 2.24) is 10.2 Å². The van der Waals surface area contributed by atoms with Gasteiger partial charge in [-0.25, -0.2) is 4.79 Å². The molecule has 1 aromatic carbocycles. The molecule has 2 aliphatic rings. The van der Waals surface area contributed by atoms with Crippen LogP contribution in [0.1, 0.15) is 28.8 Å². The van der Waals surface area contributed by atoms with Crippen molar-refractivity contribution in [3.05, 3.63) is 29.3 Å². The normalized spacial score (nSPS) is 21.0. The molecule has 0 saturated carbocycles. The second-order valence-corrected chi connectivity index (χ2v) is 6.13. The lowest BCUT2D eigenvalue weighted by Crippen LogP contribution is -2.38. The molecule has 124 valence electrons. The standard InChI is InChI=1S/C17H23N3O3/c1-12-5-6-13(10-15(12)20-9-7-18-17(20)22)16(21)19-8-3-4-14(19)11-23-2/h5-6,10,14H,3-4,7-9,11H2,1-2H3,(H,18,22). The van der Waals surface area contributed by atoms with Gasteiger partial charge < -0.3 is 15.0 Å². The molecule has 3 amide bonds. The van der Waals surface area contributed by atoms with Crippen LogP contribution in [0.5, 0.6) is 0 Å². The average molecular weight is 317 g/mol. The Kier molecular flexibility index (Phi) is 4.52. The van der Waals surface area contributed by atoms with Crippen LogP contribution in [0.25, 0.3) is 0 Å². The second-order valence-electron chi connectivity index (χ2n) is 6.13. The summed E-state index contributed by atoms with van der Waals surface area (Å²) in [4.78, 5) is 28.3. The molecule has 2 heterocycles. The Hall–Kier alpha value is -2.08. The Morgan fingerprint density at radius 1 is 1.39 bits per heavy atom. The molecule has 0 spiro atoms. The fourth-order valence-corrected chi connectivity index (χ4v) is 3.37. The first kappa shape index (κ1) is 15.8. The molecule has 3 rings (SSSR count). The summed E-state index contributed by atoms with van der Waals surface area (Å²) >= 11 is 0. The molecule has 1 unspecified atom stereocenters. The van der Waals surface area contributed by atoms with E-state index in [4.69, 9.17) is 4.74 Å². The minimum Gasteiger partial charge on any atom is -0.383 e. The summed E-state index contributed by atoms with van der Waals surface area (Å²) in [5, 5.41) is 2.80. The number of nitrogens with one attached hydrogen (secondary N) is 1. The van der Waals surface area contributed by atoms with E-state index in [0.717, 1.165) is 30.6 Å². The molecule has 1 atom stereocenters. The predicted molar refractivity (Wildman–Crippen MR) is 87.9 cm³/mol. The van der Waals surface area contributed by atoms with Crippen LogP contribution in [-0.2, 0) is 4.74 Å². The molecule has 6 heteroatoms. The quantitative estimate of drug-likeness (QED) is 0.921. The smallest absolute Gasteiger partial charge is 0.322 e. The number of carbonyl (C=O) groups excluding carboxylic acids is 2. The SMILES string of the molecule is COCC1CCCN1C(=O)c1ccc(C)c(N2CCNC2=O)c1. The molecule has 6 nitrogen and oxygen atoms in total. The fourth-order valence-electron chi connectivity index (χ4n) is 3.37. The number of rotatable bonds is 4. The summed E-state index contributed by atoms with van der Waals surface area (Å²) in [6.07, 6.45) is 1.99. The van der Waals surface area contributed by atoms with Crippen LogP contribution in [0, 0.1) is 6.92 Å². The van der Waals surface area contributed by atoms with Crippen LogP contribution in [0.3, 0.4) is 0 Å². The fraction of sp³-hybridized carbons (Fsp3) is 0.529. The van der Waals surface area contributed by atoms with Gasteiger partial charge in [0.05, 0.1) is 12.6 Å². The molecule has 2 fully saturated rings. The van der Waals surface area contributed by atoms with E-state index >= 15 is 0 Å². The number of benzene rings is 1. The minimum absolute atomic E-state index is 0.0189. The summed E-state index contributed by atoms with van der Waals surface area (Å²) in [6, 6.07) is 5.64. The van der Waals surface area contributed by atoms with E-state index in [-0.39, 0.29) is 18.0 Å². The van der Waals surface area contributed by atoms with Crippen molar-refractivity contribution in [3.8, 4) is 0 Å². The third-order valence-corrected chi connectivity index (χ3v) is 4.60. The van der Waals surface area contributed by atoms with Crippen LogP contribution in [0.4, 0.5) is 10.5 Å². The van der Waals surface area contributed by atoms with Gasteiger partial charge in [0, 0.05) is 38.0 Å². The maximum atomic E-state index is 12.8. The number of hydrogen-bond donors (Lipinski definition) is 1. The number of likely N-dealkylation sites (tertiary alicyclic amines) is 1. The molecule has 2 aliphatic heterocycles. The van der Waals surface area contributed by atoms with Crippen LogP contribution in [-0.4, -0.2) is 56.2 Å². The third kappa shape index (κ3) is 3.03. The number of amides is 3. The Balaban J connectivity index is 1.85. The predicted octanol–water partition coefficient (Wildman–Crippen LogP) is 1.78. The van der Waals surface area contributed by atoms with E-state index in [2.05, 4.69) is 5.32 Å². The van der Waals surface area contributed by atoms with Crippen LogP contribution >= 0.6 is 0 Å². The lowest BCUT2D eigenvalue weighted by molar-refractivity contribution is 0.0630.